The molecule has 0 bridgehead atoms. The standard InChI is InChI=1S/C24H30N4O3/c1-3-12-27-15-20(23(29)25-14-17-8-7-11-19(13-17)31-2)22-21(16-27)24(30)28(26-22)18-9-5-4-6-10-18/h4-11,13,20-22,26H,3,12,14-16H2,1-2H3,(H,25,29). The quantitative estimate of drug-likeness (QED) is 0.716. The van der Waals surface area contributed by atoms with Crippen LogP contribution in [-0.4, -0.2) is 49.5 Å². The monoisotopic (exact) mass is 422 g/mol. The second-order valence-electron chi connectivity index (χ2n) is 8.21. The van der Waals surface area contributed by atoms with Gasteiger partial charge in [0, 0.05) is 19.6 Å². The van der Waals surface area contributed by atoms with E-state index in [1.807, 2.05) is 54.6 Å². The number of hydrogen-bond donors (Lipinski definition) is 2. The van der Waals surface area contributed by atoms with Crippen LogP contribution in [0.4, 0.5) is 5.69 Å². The highest BCUT2D eigenvalue weighted by atomic mass is 16.5. The minimum atomic E-state index is -0.312. The van der Waals surface area contributed by atoms with Crippen LogP contribution in [0.2, 0.25) is 0 Å². The molecule has 2 aliphatic heterocycles. The van der Waals surface area contributed by atoms with E-state index in [0.717, 1.165) is 30.0 Å². The van der Waals surface area contributed by atoms with Gasteiger partial charge in [-0.15, -0.1) is 0 Å². The molecule has 0 radical (unpaired) electrons. The number of rotatable bonds is 7. The third kappa shape index (κ3) is 4.57. The summed E-state index contributed by atoms with van der Waals surface area (Å²) in [5.74, 6) is 0.207. The Balaban J connectivity index is 1.50. The Morgan fingerprint density at radius 3 is 2.71 bits per heavy atom. The van der Waals surface area contributed by atoms with Crippen LogP contribution in [0.5, 0.6) is 5.75 Å². The zero-order chi connectivity index (χ0) is 21.8. The summed E-state index contributed by atoms with van der Waals surface area (Å²) in [5, 5.41) is 4.69. The topological polar surface area (TPSA) is 73.9 Å². The van der Waals surface area contributed by atoms with E-state index in [1.54, 1.807) is 12.1 Å². The number of likely N-dealkylation sites (tertiary alicyclic amines) is 1. The number of fused-ring (bicyclic) bond motifs is 1. The van der Waals surface area contributed by atoms with Crippen LogP contribution < -0.4 is 20.5 Å². The van der Waals surface area contributed by atoms with Crippen LogP contribution in [0.15, 0.2) is 54.6 Å². The van der Waals surface area contributed by atoms with Gasteiger partial charge in [0.05, 0.1) is 30.7 Å². The molecule has 2 aromatic carbocycles. The third-order valence-electron chi connectivity index (χ3n) is 6.08. The molecule has 2 aliphatic rings. The van der Waals surface area contributed by atoms with Gasteiger partial charge in [-0.05, 0) is 42.8 Å². The number of methoxy groups -OCH3 is 1. The Labute approximate surface area is 183 Å². The molecule has 31 heavy (non-hydrogen) atoms. The first-order valence-electron chi connectivity index (χ1n) is 10.9. The van der Waals surface area contributed by atoms with Gasteiger partial charge >= 0.3 is 0 Å². The number of nitrogens with zero attached hydrogens (tertiary/aromatic N) is 2. The summed E-state index contributed by atoms with van der Waals surface area (Å²) in [6.07, 6.45) is 0.986. The lowest BCUT2D eigenvalue weighted by Crippen LogP contribution is -2.57. The summed E-state index contributed by atoms with van der Waals surface area (Å²) >= 11 is 0. The fourth-order valence-corrected chi connectivity index (χ4v) is 4.55. The van der Waals surface area contributed by atoms with Gasteiger partial charge in [0.2, 0.25) is 11.8 Å². The largest absolute Gasteiger partial charge is 0.497 e. The van der Waals surface area contributed by atoms with Gasteiger partial charge in [-0.1, -0.05) is 37.3 Å². The predicted molar refractivity (Wildman–Crippen MR) is 119 cm³/mol. The highest BCUT2D eigenvalue weighted by molar-refractivity contribution is 5.98. The lowest BCUT2D eigenvalue weighted by molar-refractivity contribution is -0.130. The number of ether oxygens (including phenoxy) is 1. The first-order chi connectivity index (χ1) is 15.1. The van der Waals surface area contributed by atoms with Crippen molar-refractivity contribution in [2.75, 3.05) is 31.8 Å². The molecule has 0 spiro atoms. The van der Waals surface area contributed by atoms with Crippen molar-refractivity contribution < 1.29 is 14.3 Å². The van der Waals surface area contributed by atoms with E-state index in [0.29, 0.717) is 19.6 Å². The first-order valence-corrected chi connectivity index (χ1v) is 10.9. The second kappa shape index (κ2) is 9.49. The predicted octanol–water partition coefficient (Wildman–Crippen LogP) is 2.19. The van der Waals surface area contributed by atoms with Crippen molar-refractivity contribution >= 4 is 17.5 Å². The SMILES string of the molecule is CCCN1CC(C(=O)NCc2cccc(OC)c2)C2NN(c3ccccc3)C(=O)C2C1. The van der Waals surface area contributed by atoms with Gasteiger partial charge in [0.15, 0.2) is 0 Å². The van der Waals surface area contributed by atoms with Crippen LogP contribution in [-0.2, 0) is 16.1 Å². The van der Waals surface area contributed by atoms with E-state index >= 15 is 0 Å². The maximum absolute atomic E-state index is 13.2. The van der Waals surface area contributed by atoms with Crippen molar-refractivity contribution in [3.8, 4) is 5.75 Å². The molecule has 7 heteroatoms. The van der Waals surface area contributed by atoms with Crippen LogP contribution in [0.3, 0.4) is 0 Å². The number of carbonyl (C=O) groups is 2. The van der Waals surface area contributed by atoms with E-state index in [-0.39, 0.29) is 29.7 Å². The molecule has 0 saturated carbocycles. The molecule has 3 unspecified atom stereocenters. The van der Waals surface area contributed by atoms with Crippen molar-refractivity contribution in [2.24, 2.45) is 11.8 Å². The van der Waals surface area contributed by atoms with Crippen molar-refractivity contribution in [1.82, 2.24) is 15.6 Å². The maximum Gasteiger partial charge on any atom is 0.247 e. The molecule has 2 saturated heterocycles. The fraction of sp³-hybridized carbons (Fsp3) is 0.417. The number of hydrazine groups is 1. The highest BCUT2D eigenvalue weighted by Crippen LogP contribution is 2.32. The zero-order valence-corrected chi connectivity index (χ0v) is 18.1. The molecule has 164 valence electrons. The molecule has 4 rings (SSSR count). The Hall–Kier alpha value is -2.90. The normalized spacial score (nSPS) is 23.5. The van der Waals surface area contributed by atoms with Crippen LogP contribution in [0, 0.1) is 11.8 Å². The second-order valence-corrected chi connectivity index (χ2v) is 8.21. The fourth-order valence-electron chi connectivity index (χ4n) is 4.55. The lowest BCUT2D eigenvalue weighted by Gasteiger charge is -2.38. The smallest absolute Gasteiger partial charge is 0.247 e. The molecule has 3 atom stereocenters. The molecule has 2 heterocycles. The third-order valence-corrected chi connectivity index (χ3v) is 6.08. The Morgan fingerprint density at radius 1 is 1.16 bits per heavy atom. The van der Waals surface area contributed by atoms with Gasteiger partial charge < -0.3 is 15.0 Å². The van der Waals surface area contributed by atoms with Gasteiger partial charge in [-0.2, -0.15) is 0 Å². The van der Waals surface area contributed by atoms with E-state index < -0.39 is 0 Å². The Morgan fingerprint density at radius 2 is 1.97 bits per heavy atom. The molecular formula is C24H30N4O3. The summed E-state index contributed by atoms with van der Waals surface area (Å²) in [7, 11) is 1.63. The minimum Gasteiger partial charge on any atom is -0.497 e. The summed E-state index contributed by atoms with van der Waals surface area (Å²) in [5.41, 5.74) is 5.13. The van der Waals surface area contributed by atoms with E-state index in [4.69, 9.17) is 4.74 Å². The summed E-state index contributed by atoms with van der Waals surface area (Å²) in [4.78, 5) is 28.7. The van der Waals surface area contributed by atoms with Gasteiger partial charge in [0.1, 0.15) is 5.75 Å². The van der Waals surface area contributed by atoms with Crippen LogP contribution in [0.1, 0.15) is 18.9 Å². The average molecular weight is 423 g/mol. The number of hydrogen-bond acceptors (Lipinski definition) is 5. The van der Waals surface area contributed by atoms with Crippen molar-refractivity contribution in [3.05, 3.63) is 60.2 Å². The van der Waals surface area contributed by atoms with E-state index in [2.05, 4.69) is 22.6 Å². The number of piperidine rings is 1. The average Bonchev–Trinajstić information content (AvgIpc) is 3.14. The zero-order valence-electron chi connectivity index (χ0n) is 18.1. The number of benzene rings is 2. The number of amides is 2. The molecule has 2 N–H and O–H groups in total. The van der Waals surface area contributed by atoms with Crippen molar-refractivity contribution in [3.63, 3.8) is 0 Å². The van der Waals surface area contributed by atoms with E-state index in [9.17, 15) is 9.59 Å². The number of anilines is 1. The molecule has 0 aromatic heterocycles. The highest BCUT2D eigenvalue weighted by Gasteiger charge is 2.50. The van der Waals surface area contributed by atoms with Gasteiger partial charge in [-0.25, -0.2) is 10.4 Å². The van der Waals surface area contributed by atoms with Crippen molar-refractivity contribution in [2.45, 2.75) is 25.9 Å². The molecule has 2 aromatic rings. The number of nitrogens with one attached hydrogen (secondary N) is 2. The molecule has 2 amide bonds. The maximum atomic E-state index is 13.2. The Bertz CT molecular complexity index is 920. The number of carbonyl (C=O) groups excluding carboxylic acids is 2. The summed E-state index contributed by atoms with van der Waals surface area (Å²) in [6, 6.07) is 17.0. The number of para-hydroxylation sites is 1. The molecular weight excluding hydrogens is 392 g/mol. The molecule has 0 aliphatic carbocycles. The van der Waals surface area contributed by atoms with E-state index in [1.165, 1.54) is 0 Å². The van der Waals surface area contributed by atoms with Crippen LogP contribution >= 0.6 is 0 Å². The van der Waals surface area contributed by atoms with Crippen molar-refractivity contribution in [1.29, 1.82) is 0 Å². The first kappa shape index (κ1) is 21.3. The van der Waals surface area contributed by atoms with Gasteiger partial charge in [0.25, 0.3) is 0 Å². The summed E-state index contributed by atoms with van der Waals surface area (Å²) in [6.45, 7) is 4.74. The van der Waals surface area contributed by atoms with Crippen LogP contribution in [0.25, 0.3) is 0 Å². The minimum absolute atomic E-state index is 0.0302. The lowest BCUT2D eigenvalue weighted by atomic mass is 9.84. The summed E-state index contributed by atoms with van der Waals surface area (Å²) < 4.78 is 5.27. The Kier molecular flexibility index (Phi) is 6.53. The van der Waals surface area contributed by atoms with Gasteiger partial charge in [-0.3, -0.25) is 9.59 Å². The molecule has 7 nitrogen and oxygen atoms in total. The molecule has 2 fully saturated rings.